The first-order valence-corrected chi connectivity index (χ1v) is 11.8. The zero-order chi connectivity index (χ0) is 22.7. The highest BCUT2D eigenvalue weighted by Gasteiger charge is 2.27. The van der Waals surface area contributed by atoms with Gasteiger partial charge >= 0.3 is 0 Å². The summed E-state index contributed by atoms with van der Waals surface area (Å²) < 4.78 is 27.9. The predicted molar refractivity (Wildman–Crippen MR) is 126 cm³/mol. The summed E-state index contributed by atoms with van der Waals surface area (Å²) in [4.78, 5) is 16.9. The van der Waals surface area contributed by atoms with E-state index in [9.17, 15) is 13.2 Å². The van der Waals surface area contributed by atoms with Crippen LogP contribution in [-0.2, 0) is 14.6 Å². The van der Waals surface area contributed by atoms with Crippen molar-refractivity contribution in [2.24, 2.45) is 0 Å². The predicted octanol–water partition coefficient (Wildman–Crippen LogP) is 4.91. The van der Waals surface area contributed by atoms with Crippen molar-refractivity contribution in [3.8, 4) is 16.9 Å². The van der Waals surface area contributed by atoms with Crippen LogP contribution in [-0.4, -0.2) is 29.6 Å². The summed E-state index contributed by atoms with van der Waals surface area (Å²) in [6.45, 7) is 1.93. The molecule has 0 fully saturated rings. The molecule has 1 amide bonds. The minimum atomic E-state index is -4.05. The van der Waals surface area contributed by atoms with Gasteiger partial charge < -0.3 is 5.32 Å². The zero-order valence-electron chi connectivity index (χ0n) is 17.2. The molecule has 4 rings (SSSR count). The molecule has 0 atom stereocenters. The second-order valence-electron chi connectivity index (χ2n) is 7.29. The third-order valence-corrected chi connectivity index (χ3v) is 6.52. The number of aryl methyl sites for hydroxylation is 1. The van der Waals surface area contributed by atoms with Crippen molar-refractivity contribution in [2.45, 2.75) is 12.1 Å². The lowest BCUT2D eigenvalue weighted by Crippen LogP contribution is -2.25. The fraction of sp³-hybridized carbons (Fsp3) is 0.0833. The molecule has 1 N–H and O–H groups in total. The maximum Gasteiger partial charge on any atom is 0.240 e. The van der Waals surface area contributed by atoms with E-state index < -0.39 is 21.5 Å². The molecule has 0 bridgehead atoms. The number of nitrogens with zero attached hydrogens (tertiary/aromatic N) is 2. The number of hydrogen-bond donors (Lipinski definition) is 1. The normalized spacial score (nSPS) is 11.3. The summed E-state index contributed by atoms with van der Waals surface area (Å²) in [5.41, 5.74) is 3.37. The Hall–Kier alpha value is -3.42. The smallest absolute Gasteiger partial charge is 0.240 e. The van der Waals surface area contributed by atoms with Gasteiger partial charge in [0.1, 0.15) is 5.75 Å². The number of rotatable bonds is 6. The molecular weight excluding hydrogens is 446 g/mol. The van der Waals surface area contributed by atoms with E-state index in [1.165, 1.54) is 4.57 Å². The molecule has 1 aromatic heterocycles. The second-order valence-corrected chi connectivity index (χ2v) is 9.61. The Morgan fingerprint density at radius 1 is 0.969 bits per heavy atom. The molecule has 0 spiro atoms. The number of benzene rings is 3. The van der Waals surface area contributed by atoms with Crippen molar-refractivity contribution in [1.29, 1.82) is 0 Å². The van der Waals surface area contributed by atoms with Gasteiger partial charge in [0, 0.05) is 28.2 Å². The van der Waals surface area contributed by atoms with Gasteiger partial charge in [-0.3, -0.25) is 9.36 Å². The van der Waals surface area contributed by atoms with Crippen LogP contribution in [0.1, 0.15) is 5.56 Å². The molecule has 0 aliphatic carbocycles. The summed E-state index contributed by atoms with van der Waals surface area (Å²) in [5.74, 6) is -1.37. The van der Waals surface area contributed by atoms with Crippen molar-refractivity contribution < 1.29 is 13.2 Å². The quantitative estimate of drug-likeness (QED) is 0.438. The molecule has 0 aliphatic rings. The van der Waals surface area contributed by atoms with Crippen molar-refractivity contribution in [1.82, 2.24) is 9.55 Å². The average Bonchev–Trinajstić information content (AvgIpc) is 3.23. The van der Waals surface area contributed by atoms with E-state index in [-0.39, 0.29) is 5.16 Å². The Labute approximate surface area is 191 Å². The maximum absolute atomic E-state index is 13.2. The van der Waals surface area contributed by atoms with Gasteiger partial charge in [0.05, 0.1) is 5.69 Å². The molecule has 162 valence electrons. The molecule has 0 saturated carbocycles. The van der Waals surface area contributed by atoms with Crippen LogP contribution in [0, 0.1) is 6.92 Å². The van der Waals surface area contributed by atoms with Crippen molar-refractivity contribution in [3.05, 3.63) is 95.6 Å². The standard InChI is InChI=1S/C24H20ClN3O3S/c1-17-7-13-20(14-8-17)26-23(29)16-32(30,31)24-27-22(18-9-11-19(25)12-10-18)15-28(24)21-5-3-2-4-6-21/h2-15H,16H2,1H3,(H,26,29). The molecule has 8 heteroatoms. The fourth-order valence-electron chi connectivity index (χ4n) is 3.19. The lowest BCUT2D eigenvalue weighted by atomic mass is 10.2. The average molecular weight is 466 g/mol. The Bertz CT molecular complexity index is 1350. The van der Waals surface area contributed by atoms with E-state index in [2.05, 4.69) is 10.3 Å². The third-order valence-electron chi connectivity index (χ3n) is 4.78. The van der Waals surface area contributed by atoms with Crippen LogP contribution < -0.4 is 5.32 Å². The van der Waals surface area contributed by atoms with Gasteiger partial charge in [-0.15, -0.1) is 0 Å². The lowest BCUT2D eigenvalue weighted by Gasteiger charge is -2.09. The highest BCUT2D eigenvalue weighted by Crippen LogP contribution is 2.26. The van der Waals surface area contributed by atoms with Crippen LogP contribution >= 0.6 is 11.6 Å². The van der Waals surface area contributed by atoms with E-state index in [1.54, 1.807) is 66.9 Å². The topological polar surface area (TPSA) is 81.1 Å². The van der Waals surface area contributed by atoms with Crippen LogP contribution in [0.25, 0.3) is 16.9 Å². The van der Waals surface area contributed by atoms with Crippen LogP contribution in [0.3, 0.4) is 0 Å². The van der Waals surface area contributed by atoms with Crippen molar-refractivity contribution >= 4 is 33.0 Å². The summed E-state index contributed by atoms with van der Waals surface area (Å²) in [7, 11) is -4.05. The number of imidazole rings is 1. The maximum atomic E-state index is 13.2. The Morgan fingerprint density at radius 3 is 2.28 bits per heavy atom. The number of aromatic nitrogens is 2. The number of sulfone groups is 1. The van der Waals surface area contributed by atoms with Crippen LogP contribution in [0.5, 0.6) is 0 Å². The number of amides is 1. The number of anilines is 1. The minimum Gasteiger partial charge on any atom is -0.325 e. The number of carbonyl (C=O) groups excluding carboxylic acids is 1. The highest BCUT2D eigenvalue weighted by molar-refractivity contribution is 7.92. The van der Waals surface area contributed by atoms with Gasteiger partial charge in [-0.1, -0.05) is 59.6 Å². The number of carbonyl (C=O) groups is 1. The molecule has 0 saturated heterocycles. The fourth-order valence-corrected chi connectivity index (χ4v) is 4.55. The summed E-state index contributed by atoms with van der Waals surface area (Å²) in [6.07, 6.45) is 1.64. The first-order valence-electron chi connectivity index (χ1n) is 9.82. The molecule has 3 aromatic carbocycles. The SMILES string of the molecule is Cc1ccc(NC(=O)CS(=O)(=O)c2nc(-c3ccc(Cl)cc3)cn2-c2ccccc2)cc1. The largest absolute Gasteiger partial charge is 0.325 e. The molecule has 32 heavy (non-hydrogen) atoms. The minimum absolute atomic E-state index is 0.201. The van der Waals surface area contributed by atoms with E-state index >= 15 is 0 Å². The van der Waals surface area contributed by atoms with Crippen LogP contribution in [0.2, 0.25) is 5.02 Å². The number of halogens is 1. The van der Waals surface area contributed by atoms with E-state index in [0.717, 1.165) is 5.56 Å². The monoisotopic (exact) mass is 465 g/mol. The van der Waals surface area contributed by atoms with E-state index in [4.69, 9.17) is 11.6 Å². The molecule has 6 nitrogen and oxygen atoms in total. The Balaban J connectivity index is 1.69. The molecule has 1 heterocycles. The van der Waals surface area contributed by atoms with E-state index in [1.807, 2.05) is 25.1 Å². The van der Waals surface area contributed by atoms with E-state index in [0.29, 0.717) is 27.7 Å². The summed E-state index contributed by atoms with van der Waals surface area (Å²) in [5, 5.41) is 2.99. The third kappa shape index (κ3) is 4.90. The van der Waals surface area contributed by atoms with Gasteiger partial charge in [0.25, 0.3) is 0 Å². The van der Waals surface area contributed by atoms with Crippen LogP contribution in [0.15, 0.2) is 90.2 Å². The van der Waals surface area contributed by atoms with Crippen molar-refractivity contribution in [2.75, 3.05) is 11.1 Å². The molecular formula is C24H20ClN3O3S. The second kappa shape index (κ2) is 8.98. The Kier molecular flexibility index (Phi) is 6.12. The first-order chi connectivity index (χ1) is 15.3. The van der Waals surface area contributed by atoms with Crippen molar-refractivity contribution in [3.63, 3.8) is 0 Å². The summed E-state index contributed by atoms with van der Waals surface area (Å²) >= 11 is 5.97. The highest BCUT2D eigenvalue weighted by atomic mass is 35.5. The number of nitrogens with one attached hydrogen (secondary N) is 1. The molecule has 0 radical (unpaired) electrons. The van der Waals surface area contributed by atoms with Gasteiger partial charge in [0.2, 0.25) is 20.9 Å². The lowest BCUT2D eigenvalue weighted by molar-refractivity contribution is -0.113. The van der Waals surface area contributed by atoms with Gasteiger partial charge in [-0.05, 0) is 43.3 Å². The summed E-state index contributed by atoms with van der Waals surface area (Å²) in [6, 6.07) is 23.1. The van der Waals surface area contributed by atoms with Gasteiger partial charge in [-0.25, -0.2) is 13.4 Å². The van der Waals surface area contributed by atoms with Gasteiger partial charge in [0.15, 0.2) is 0 Å². The molecule has 4 aromatic rings. The van der Waals surface area contributed by atoms with Crippen LogP contribution in [0.4, 0.5) is 5.69 Å². The first kappa shape index (κ1) is 21.8. The molecule has 0 aliphatic heterocycles. The van der Waals surface area contributed by atoms with Gasteiger partial charge in [-0.2, -0.15) is 0 Å². The number of para-hydroxylation sites is 1. The Morgan fingerprint density at radius 2 is 1.62 bits per heavy atom. The number of hydrogen-bond acceptors (Lipinski definition) is 4. The zero-order valence-corrected chi connectivity index (χ0v) is 18.8. The molecule has 0 unspecified atom stereocenters.